The Balaban J connectivity index is 1.98. The van der Waals surface area contributed by atoms with Gasteiger partial charge in [-0.15, -0.1) is 11.3 Å². The van der Waals surface area contributed by atoms with Crippen LogP contribution < -0.4 is 10.6 Å². The Labute approximate surface area is 108 Å². The summed E-state index contributed by atoms with van der Waals surface area (Å²) in [5, 5.41) is 9.27. The average molecular weight is 253 g/mol. The molecule has 2 atom stereocenters. The molecule has 96 valence electrons. The summed E-state index contributed by atoms with van der Waals surface area (Å²) in [5.74, 6) is 0. The minimum absolute atomic E-state index is 0.485. The van der Waals surface area contributed by atoms with Crippen LogP contribution in [0.3, 0.4) is 0 Å². The van der Waals surface area contributed by atoms with Crippen molar-refractivity contribution in [2.75, 3.05) is 33.7 Å². The third-order valence-corrected chi connectivity index (χ3v) is 4.68. The summed E-state index contributed by atoms with van der Waals surface area (Å²) < 4.78 is 0. The number of nitrogens with one attached hydrogen (secondary N) is 2. The molecule has 2 unspecified atom stereocenters. The van der Waals surface area contributed by atoms with Crippen molar-refractivity contribution in [2.24, 2.45) is 0 Å². The Bertz CT molecular complexity index is 350. The maximum atomic E-state index is 3.62. The number of rotatable bonds is 4. The number of aryl methyl sites for hydroxylation is 1. The zero-order valence-corrected chi connectivity index (χ0v) is 11.8. The van der Waals surface area contributed by atoms with Gasteiger partial charge in [0.15, 0.2) is 0 Å². The Hall–Kier alpha value is -0.420. The van der Waals surface area contributed by atoms with Crippen LogP contribution in [-0.2, 0) is 0 Å². The van der Waals surface area contributed by atoms with E-state index in [2.05, 4.69) is 48.0 Å². The molecule has 4 heteroatoms. The smallest absolute Gasteiger partial charge is 0.0430 e. The van der Waals surface area contributed by atoms with Gasteiger partial charge < -0.3 is 15.5 Å². The standard InChI is InChI=1S/C13H23N3S/c1-10-4-7-17-13(10)12(14-2)8-11-9-16(3)6-5-15-11/h4,7,11-12,14-15H,5-6,8-9H2,1-3H3. The monoisotopic (exact) mass is 253 g/mol. The maximum Gasteiger partial charge on any atom is 0.0430 e. The SMILES string of the molecule is CNC(CC1CN(C)CCN1)c1sccc1C. The molecule has 0 radical (unpaired) electrons. The molecule has 1 aliphatic rings. The van der Waals surface area contributed by atoms with E-state index in [1.807, 2.05) is 11.3 Å². The van der Waals surface area contributed by atoms with Crippen molar-refractivity contribution in [1.29, 1.82) is 0 Å². The number of piperazine rings is 1. The van der Waals surface area contributed by atoms with Gasteiger partial charge in [-0.3, -0.25) is 0 Å². The number of hydrogen-bond donors (Lipinski definition) is 2. The van der Waals surface area contributed by atoms with Crippen LogP contribution >= 0.6 is 11.3 Å². The molecular formula is C13H23N3S. The van der Waals surface area contributed by atoms with Crippen molar-refractivity contribution in [3.63, 3.8) is 0 Å². The third kappa shape index (κ3) is 3.28. The lowest BCUT2D eigenvalue weighted by Crippen LogP contribution is -2.50. The van der Waals surface area contributed by atoms with E-state index < -0.39 is 0 Å². The Morgan fingerprint density at radius 3 is 3.06 bits per heavy atom. The van der Waals surface area contributed by atoms with Crippen LogP contribution in [0, 0.1) is 6.92 Å². The molecule has 1 saturated heterocycles. The predicted octanol–water partition coefficient (Wildman–Crippen LogP) is 1.61. The van der Waals surface area contributed by atoms with E-state index in [9.17, 15) is 0 Å². The lowest BCUT2D eigenvalue weighted by Gasteiger charge is -2.33. The summed E-state index contributed by atoms with van der Waals surface area (Å²) >= 11 is 1.87. The summed E-state index contributed by atoms with van der Waals surface area (Å²) in [7, 11) is 4.27. The van der Waals surface area contributed by atoms with Gasteiger partial charge in [0.2, 0.25) is 0 Å². The molecule has 2 rings (SSSR count). The lowest BCUT2D eigenvalue weighted by molar-refractivity contribution is 0.222. The molecule has 1 fully saturated rings. The number of nitrogens with zero attached hydrogens (tertiary/aromatic N) is 1. The Morgan fingerprint density at radius 2 is 2.47 bits per heavy atom. The van der Waals surface area contributed by atoms with Gasteiger partial charge in [-0.25, -0.2) is 0 Å². The van der Waals surface area contributed by atoms with E-state index >= 15 is 0 Å². The second-order valence-corrected chi connectivity index (χ2v) is 5.91. The van der Waals surface area contributed by atoms with Crippen molar-refractivity contribution in [2.45, 2.75) is 25.4 Å². The molecule has 0 saturated carbocycles. The highest BCUT2D eigenvalue weighted by Gasteiger charge is 2.22. The third-order valence-electron chi connectivity index (χ3n) is 3.55. The molecule has 0 aliphatic carbocycles. The highest BCUT2D eigenvalue weighted by atomic mass is 32.1. The minimum Gasteiger partial charge on any atom is -0.312 e. The molecule has 1 aromatic rings. The topological polar surface area (TPSA) is 27.3 Å². The molecule has 0 aromatic carbocycles. The van der Waals surface area contributed by atoms with Crippen LogP contribution in [0.15, 0.2) is 11.4 Å². The van der Waals surface area contributed by atoms with Gasteiger partial charge >= 0.3 is 0 Å². The van der Waals surface area contributed by atoms with Crippen molar-refractivity contribution in [3.8, 4) is 0 Å². The fourth-order valence-electron chi connectivity index (χ4n) is 2.53. The number of likely N-dealkylation sites (N-methyl/N-ethyl adjacent to an activating group) is 1. The first-order valence-electron chi connectivity index (χ1n) is 6.34. The molecule has 0 bridgehead atoms. The molecule has 3 nitrogen and oxygen atoms in total. The zero-order valence-electron chi connectivity index (χ0n) is 11.0. The van der Waals surface area contributed by atoms with E-state index in [-0.39, 0.29) is 0 Å². The number of thiophene rings is 1. The van der Waals surface area contributed by atoms with Gasteiger partial charge in [-0.2, -0.15) is 0 Å². The Kier molecular flexibility index (Phi) is 4.56. The second kappa shape index (κ2) is 5.96. The largest absolute Gasteiger partial charge is 0.312 e. The summed E-state index contributed by atoms with van der Waals surface area (Å²) in [4.78, 5) is 3.90. The molecule has 1 aromatic heterocycles. The van der Waals surface area contributed by atoms with Crippen LogP contribution in [0.4, 0.5) is 0 Å². The van der Waals surface area contributed by atoms with Crippen LogP contribution in [0.25, 0.3) is 0 Å². The average Bonchev–Trinajstić information content (AvgIpc) is 2.72. The summed E-state index contributed by atoms with van der Waals surface area (Å²) in [6.45, 7) is 5.64. The Morgan fingerprint density at radius 1 is 1.65 bits per heavy atom. The van der Waals surface area contributed by atoms with Crippen LogP contribution in [-0.4, -0.2) is 44.7 Å². The molecule has 2 heterocycles. The van der Waals surface area contributed by atoms with Crippen molar-refractivity contribution >= 4 is 11.3 Å². The normalized spacial score (nSPS) is 23.8. The minimum atomic E-state index is 0.485. The van der Waals surface area contributed by atoms with Crippen LogP contribution in [0.5, 0.6) is 0 Å². The first-order valence-corrected chi connectivity index (χ1v) is 7.22. The summed E-state index contributed by atoms with van der Waals surface area (Å²) in [6, 6.07) is 3.30. The lowest BCUT2D eigenvalue weighted by atomic mass is 10.0. The van der Waals surface area contributed by atoms with E-state index in [0.717, 1.165) is 13.1 Å². The molecular weight excluding hydrogens is 230 g/mol. The summed E-state index contributed by atoms with van der Waals surface area (Å²) in [6.07, 6.45) is 1.17. The fourth-order valence-corrected chi connectivity index (χ4v) is 3.58. The highest BCUT2D eigenvalue weighted by Crippen LogP contribution is 2.27. The van der Waals surface area contributed by atoms with Crippen LogP contribution in [0.2, 0.25) is 0 Å². The van der Waals surface area contributed by atoms with Gasteiger partial charge in [-0.1, -0.05) is 0 Å². The van der Waals surface area contributed by atoms with Gasteiger partial charge in [-0.05, 0) is 44.4 Å². The van der Waals surface area contributed by atoms with Crippen molar-refractivity contribution < 1.29 is 0 Å². The van der Waals surface area contributed by atoms with Gasteiger partial charge in [0.1, 0.15) is 0 Å². The maximum absolute atomic E-state index is 3.62. The van der Waals surface area contributed by atoms with E-state index in [1.165, 1.54) is 23.4 Å². The molecule has 1 aliphatic heterocycles. The molecule has 17 heavy (non-hydrogen) atoms. The first-order chi connectivity index (χ1) is 8.20. The van der Waals surface area contributed by atoms with Crippen molar-refractivity contribution in [1.82, 2.24) is 15.5 Å². The van der Waals surface area contributed by atoms with E-state index in [1.54, 1.807) is 0 Å². The molecule has 2 N–H and O–H groups in total. The van der Waals surface area contributed by atoms with Crippen LogP contribution in [0.1, 0.15) is 22.9 Å². The zero-order chi connectivity index (χ0) is 12.3. The van der Waals surface area contributed by atoms with Gasteiger partial charge in [0.05, 0.1) is 0 Å². The quantitative estimate of drug-likeness (QED) is 0.854. The number of hydrogen-bond acceptors (Lipinski definition) is 4. The highest BCUT2D eigenvalue weighted by molar-refractivity contribution is 7.10. The molecule has 0 spiro atoms. The predicted molar refractivity (Wildman–Crippen MR) is 74.8 cm³/mol. The molecule has 0 amide bonds. The van der Waals surface area contributed by atoms with E-state index in [4.69, 9.17) is 0 Å². The first kappa shape index (κ1) is 13.0. The van der Waals surface area contributed by atoms with Gasteiger partial charge in [0.25, 0.3) is 0 Å². The second-order valence-electron chi connectivity index (χ2n) is 4.96. The van der Waals surface area contributed by atoms with E-state index in [0.29, 0.717) is 12.1 Å². The fraction of sp³-hybridized carbons (Fsp3) is 0.692. The summed E-state index contributed by atoms with van der Waals surface area (Å²) in [5.41, 5.74) is 1.42. The van der Waals surface area contributed by atoms with Crippen molar-refractivity contribution in [3.05, 3.63) is 21.9 Å². The van der Waals surface area contributed by atoms with Gasteiger partial charge in [0, 0.05) is 36.6 Å².